The van der Waals surface area contributed by atoms with Crippen LogP contribution < -0.4 is 4.31 Å². The highest BCUT2D eigenvalue weighted by molar-refractivity contribution is 7.90. The number of carbonyl (C=O) groups excluding carboxylic acids is 1. The van der Waals surface area contributed by atoms with Gasteiger partial charge in [0.25, 0.3) is 0 Å². The number of nitrogens with zero attached hydrogens (tertiary/aromatic N) is 4. The lowest BCUT2D eigenvalue weighted by Gasteiger charge is -2.36. The number of ether oxygens (including phenoxy) is 1. The number of piperazine rings is 1. The number of rotatable bonds is 6. The first-order valence-corrected chi connectivity index (χ1v) is 10.8. The van der Waals surface area contributed by atoms with Crippen LogP contribution in [0.5, 0.6) is 0 Å². The molecule has 0 radical (unpaired) electrons. The molecule has 3 rings (SSSR count). The Morgan fingerprint density at radius 1 is 1.17 bits per heavy atom. The Hall–Kier alpha value is -2.49. The molecule has 0 aliphatic carbocycles. The molecule has 1 aromatic heterocycles. The van der Waals surface area contributed by atoms with Crippen molar-refractivity contribution in [1.29, 1.82) is 0 Å². The first-order chi connectivity index (χ1) is 13.8. The average molecular weight is 419 g/mol. The summed E-state index contributed by atoms with van der Waals surface area (Å²) in [5.41, 5.74) is 2.41. The molecule has 0 saturated carbocycles. The van der Waals surface area contributed by atoms with Gasteiger partial charge < -0.3 is 9.64 Å². The van der Waals surface area contributed by atoms with Gasteiger partial charge in [-0.05, 0) is 43.8 Å². The van der Waals surface area contributed by atoms with E-state index in [9.17, 15) is 13.2 Å². The molecule has 0 atom stereocenters. The van der Waals surface area contributed by atoms with Crippen molar-refractivity contribution in [2.45, 2.75) is 13.5 Å². The lowest BCUT2D eigenvalue weighted by atomic mass is 10.2. The molecule has 0 N–H and O–H groups in total. The molecule has 1 aliphatic rings. The van der Waals surface area contributed by atoms with Crippen molar-refractivity contribution in [3.63, 3.8) is 0 Å². The third-order valence-electron chi connectivity index (χ3n) is 4.91. The molecular weight excluding hydrogens is 392 g/mol. The quantitative estimate of drug-likeness (QED) is 0.664. The summed E-state index contributed by atoms with van der Waals surface area (Å²) in [7, 11) is -0.453. The monoisotopic (exact) mass is 418 g/mol. The fourth-order valence-corrected chi connectivity index (χ4v) is 4.73. The predicted octanol–water partition coefficient (Wildman–Crippen LogP) is 1.68. The summed E-state index contributed by atoms with van der Waals surface area (Å²) in [5.74, 6) is -0.482. The fraction of sp³-hybridized carbons (Fsp3) is 0.400. The van der Waals surface area contributed by atoms with Gasteiger partial charge in [0.05, 0.1) is 30.6 Å². The van der Waals surface area contributed by atoms with E-state index in [0.717, 1.165) is 5.56 Å². The van der Waals surface area contributed by atoms with E-state index in [1.807, 2.05) is 32.2 Å². The number of methoxy groups -OCH3 is 1. The van der Waals surface area contributed by atoms with Gasteiger partial charge in [0.15, 0.2) is 0 Å². The predicted molar refractivity (Wildman–Crippen MR) is 111 cm³/mol. The topological polar surface area (TPSA) is 83.0 Å². The molecule has 2 heterocycles. The van der Waals surface area contributed by atoms with E-state index in [1.165, 1.54) is 21.9 Å². The summed E-state index contributed by atoms with van der Waals surface area (Å²) < 4.78 is 34.5. The van der Waals surface area contributed by atoms with Crippen LogP contribution in [0.3, 0.4) is 0 Å². The van der Waals surface area contributed by atoms with Gasteiger partial charge in [-0.15, -0.1) is 0 Å². The van der Waals surface area contributed by atoms with Crippen LogP contribution in [0, 0.1) is 6.92 Å². The van der Waals surface area contributed by atoms with Crippen LogP contribution in [-0.2, 0) is 21.5 Å². The summed E-state index contributed by atoms with van der Waals surface area (Å²) in [6.45, 7) is 4.25. The van der Waals surface area contributed by atoms with Crippen LogP contribution in [0.15, 0.2) is 42.6 Å². The van der Waals surface area contributed by atoms with Crippen molar-refractivity contribution in [3.05, 3.63) is 59.4 Å². The molecule has 0 amide bonds. The van der Waals surface area contributed by atoms with Crippen molar-refractivity contribution in [3.8, 4) is 0 Å². The number of aromatic nitrogens is 1. The van der Waals surface area contributed by atoms with Crippen LogP contribution in [0.2, 0.25) is 0 Å². The van der Waals surface area contributed by atoms with Crippen LogP contribution in [0.1, 0.15) is 21.6 Å². The Balaban J connectivity index is 1.92. The normalized spacial score (nSPS) is 15.8. The molecule has 9 heteroatoms. The summed E-state index contributed by atoms with van der Waals surface area (Å²) in [6.07, 6.45) is 1.40. The Morgan fingerprint density at radius 3 is 2.48 bits per heavy atom. The minimum Gasteiger partial charge on any atom is -0.465 e. The molecule has 2 aromatic rings. The van der Waals surface area contributed by atoms with Crippen molar-refractivity contribution in [2.24, 2.45) is 0 Å². The number of benzene rings is 1. The van der Waals surface area contributed by atoms with E-state index in [4.69, 9.17) is 0 Å². The van der Waals surface area contributed by atoms with Gasteiger partial charge in [0.1, 0.15) is 0 Å². The Morgan fingerprint density at radius 2 is 1.90 bits per heavy atom. The van der Waals surface area contributed by atoms with Gasteiger partial charge in [0.2, 0.25) is 0 Å². The van der Waals surface area contributed by atoms with E-state index in [0.29, 0.717) is 43.1 Å². The maximum absolute atomic E-state index is 13.5. The number of anilines is 1. The molecule has 0 spiro atoms. The number of carbonyl (C=O) groups is 1. The number of hydrogen-bond donors (Lipinski definition) is 0. The SMILES string of the molecule is COC(=O)c1ccc(CN(c2cccc(C)c2)S(=O)(=O)N2CCN(C)CC2)nc1. The molecular formula is C20H26N4O4S. The Kier molecular flexibility index (Phi) is 6.51. The lowest BCUT2D eigenvalue weighted by molar-refractivity contribution is 0.0600. The van der Waals surface area contributed by atoms with E-state index in [2.05, 4.69) is 14.6 Å². The highest BCUT2D eigenvalue weighted by atomic mass is 32.2. The molecule has 1 saturated heterocycles. The molecule has 156 valence electrons. The zero-order chi connectivity index (χ0) is 21.0. The zero-order valence-corrected chi connectivity index (χ0v) is 17.7. The number of hydrogen-bond acceptors (Lipinski definition) is 6. The maximum atomic E-state index is 13.5. The Labute approximate surface area is 171 Å². The number of pyridine rings is 1. The highest BCUT2D eigenvalue weighted by Crippen LogP contribution is 2.24. The summed E-state index contributed by atoms with van der Waals surface area (Å²) >= 11 is 0. The largest absolute Gasteiger partial charge is 0.465 e. The molecule has 8 nitrogen and oxygen atoms in total. The van der Waals surface area contributed by atoms with Gasteiger partial charge in [-0.3, -0.25) is 9.29 Å². The molecule has 29 heavy (non-hydrogen) atoms. The summed E-state index contributed by atoms with van der Waals surface area (Å²) in [5, 5.41) is 0. The minimum atomic E-state index is -3.74. The maximum Gasteiger partial charge on any atom is 0.339 e. The number of esters is 1. The average Bonchev–Trinajstić information content (AvgIpc) is 2.72. The molecule has 1 fully saturated rings. The summed E-state index contributed by atoms with van der Waals surface area (Å²) in [6, 6.07) is 10.6. The lowest BCUT2D eigenvalue weighted by Crippen LogP contribution is -2.52. The van der Waals surface area contributed by atoms with Crippen LogP contribution in [-0.4, -0.2) is 68.9 Å². The fourth-order valence-electron chi connectivity index (χ4n) is 3.15. The van der Waals surface area contributed by atoms with E-state index < -0.39 is 16.2 Å². The minimum absolute atomic E-state index is 0.0690. The van der Waals surface area contributed by atoms with E-state index in [-0.39, 0.29) is 6.54 Å². The molecule has 0 bridgehead atoms. The second-order valence-electron chi connectivity index (χ2n) is 7.09. The standard InChI is InChI=1S/C20H26N4O4S/c1-16-5-4-6-19(13-16)24(29(26,27)23-11-9-22(2)10-12-23)15-18-8-7-17(14-21-18)20(25)28-3/h4-8,13-14H,9-12,15H2,1-3H3. The first kappa shape index (κ1) is 21.2. The first-order valence-electron chi connectivity index (χ1n) is 9.37. The van der Waals surface area contributed by atoms with Gasteiger partial charge in [-0.1, -0.05) is 12.1 Å². The third kappa shape index (κ3) is 4.92. The van der Waals surface area contributed by atoms with Crippen molar-refractivity contribution >= 4 is 21.9 Å². The van der Waals surface area contributed by atoms with Crippen LogP contribution in [0.4, 0.5) is 5.69 Å². The molecule has 1 aromatic carbocycles. The molecule has 0 unspecified atom stereocenters. The Bertz CT molecular complexity index is 955. The van der Waals surface area contributed by atoms with Gasteiger partial charge in [0, 0.05) is 32.4 Å². The third-order valence-corrected chi connectivity index (χ3v) is 6.82. The van der Waals surface area contributed by atoms with E-state index >= 15 is 0 Å². The second kappa shape index (κ2) is 8.89. The van der Waals surface area contributed by atoms with Gasteiger partial charge >= 0.3 is 16.2 Å². The second-order valence-corrected chi connectivity index (χ2v) is 8.94. The smallest absolute Gasteiger partial charge is 0.339 e. The summed E-state index contributed by atoms with van der Waals surface area (Å²) in [4.78, 5) is 18.0. The molecule has 1 aliphatic heterocycles. The van der Waals surface area contributed by atoms with Crippen molar-refractivity contribution in [1.82, 2.24) is 14.2 Å². The van der Waals surface area contributed by atoms with Crippen molar-refractivity contribution < 1.29 is 17.9 Å². The van der Waals surface area contributed by atoms with Gasteiger partial charge in [-0.25, -0.2) is 4.79 Å². The highest BCUT2D eigenvalue weighted by Gasteiger charge is 2.32. The van der Waals surface area contributed by atoms with Crippen LogP contribution >= 0.6 is 0 Å². The number of aryl methyl sites for hydroxylation is 1. The van der Waals surface area contributed by atoms with E-state index in [1.54, 1.807) is 18.2 Å². The zero-order valence-electron chi connectivity index (χ0n) is 16.9. The number of likely N-dealkylation sites (N-methyl/N-ethyl adjacent to an activating group) is 1. The van der Waals surface area contributed by atoms with Crippen LogP contribution in [0.25, 0.3) is 0 Å². The van der Waals surface area contributed by atoms with Gasteiger partial charge in [-0.2, -0.15) is 12.7 Å². The van der Waals surface area contributed by atoms with Crippen molar-refractivity contribution in [2.75, 3.05) is 44.6 Å².